The minimum Gasteiger partial charge on any atom is -0.446 e. The van der Waals surface area contributed by atoms with Crippen molar-refractivity contribution >= 4 is 74.5 Å². The van der Waals surface area contributed by atoms with E-state index in [-0.39, 0.29) is 79.5 Å². The number of aryl methyl sites for hydroxylation is 1. The van der Waals surface area contributed by atoms with E-state index in [0.717, 1.165) is 91.3 Å². The Morgan fingerprint density at radius 2 is 1.51 bits per heavy atom. The molecule has 2 bridgehead atoms. The van der Waals surface area contributed by atoms with Crippen molar-refractivity contribution in [2.45, 2.75) is 133 Å². The lowest BCUT2D eigenvalue weighted by Gasteiger charge is -2.73. The predicted molar refractivity (Wildman–Crippen MR) is 351 cm³/mol. The number of likely N-dealkylation sites (tertiary alicyclic amines) is 1. The fourth-order valence-corrected chi connectivity index (χ4v) is 16.7. The van der Waals surface area contributed by atoms with Crippen LogP contribution in [0.3, 0.4) is 0 Å². The number of nitrogens with zero attached hydrogens (tertiary/aromatic N) is 4. The van der Waals surface area contributed by atoms with Gasteiger partial charge in [0.15, 0.2) is 0 Å². The van der Waals surface area contributed by atoms with Crippen molar-refractivity contribution in [1.29, 1.82) is 0 Å². The van der Waals surface area contributed by atoms with E-state index in [1.807, 2.05) is 42.8 Å². The molecule has 22 heteroatoms. The number of ether oxygens (including phenoxy) is 3. The molecule has 4 heterocycles. The number of carbonyl (C=O) groups excluding carboxylic acids is 6. The van der Waals surface area contributed by atoms with E-state index in [0.29, 0.717) is 41.3 Å². The first-order chi connectivity index (χ1) is 43.8. The molecule has 5 N–H and O–H groups in total. The number of anilines is 3. The Hall–Kier alpha value is -6.82. The zero-order chi connectivity index (χ0) is 63.9. The maximum Gasteiger partial charge on any atom is 0.407 e. The van der Waals surface area contributed by atoms with Crippen LogP contribution in [0.1, 0.15) is 134 Å². The number of piperazine rings is 1. The molecule has 1 unspecified atom stereocenters. The van der Waals surface area contributed by atoms with Crippen LogP contribution in [0.5, 0.6) is 0 Å². The molecule has 4 aliphatic carbocycles. The highest BCUT2D eigenvalue weighted by Gasteiger charge is 2.68. The molecular formula is C69H89N9O11S2. The third-order valence-corrected chi connectivity index (χ3v) is 22.3. The van der Waals surface area contributed by atoms with E-state index in [1.165, 1.54) is 44.9 Å². The van der Waals surface area contributed by atoms with Gasteiger partial charge in [-0.05, 0) is 160 Å². The molecule has 6 fully saturated rings. The van der Waals surface area contributed by atoms with Crippen molar-refractivity contribution in [2.24, 2.45) is 16.2 Å². The first kappa shape index (κ1) is 65.7. The number of benzene rings is 4. The number of nitrogens with one attached hydrogen (secondary N) is 5. The van der Waals surface area contributed by atoms with Gasteiger partial charge >= 0.3 is 6.09 Å². The number of alkyl carbamates (subject to hydrolysis) is 1. The number of allylic oxidation sites excluding steroid dienone is 1. The summed E-state index contributed by atoms with van der Waals surface area (Å²) in [7, 11) is -4.18. The zero-order valence-corrected chi connectivity index (χ0v) is 54.7. The van der Waals surface area contributed by atoms with E-state index < -0.39 is 51.7 Å². The number of thioether (sulfide) groups is 1. The first-order valence-electron chi connectivity index (χ1n) is 32.6. The number of hydrogen-bond acceptors (Lipinski definition) is 17. The van der Waals surface area contributed by atoms with Crippen LogP contribution >= 0.6 is 11.8 Å². The van der Waals surface area contributed by atoms with Gasteiger partial charge in [0.2, 0.25) is 11.8 Å². The van der Waals surface area contributed by atoms with Gasteiger partial charge in [0.25, 0.3) is 27.7 Å². The minimum absolute atomic E-state index is 0.0130. The Morgan fingerprint density at radius 3 is 2.21 bits per heavy atom. The van der Waals surface area contributed by atoms with Gasteiger partial charge in [0.05, 0.1) is 42.4 Å². The topological polar surface area (TPSA) is 237 Å². The molecule has 12 rings (SSSR count). The van der Waals surface area contributed by atoms with Gasteiger partial charge in [-0.25, -0.2) is 17.9 Å². The lowest BCUT2D eigenvalue weighted by Crippen LogP contribution is -2.63. The largest absolute Gasteiger partial charge is 0.446 e. The van der Waals surface area contributed by atoms with Crippen LogP contribution in [-0.2, 0) is 33.8 Å². The average molecular weight is 1280 g/mol. The maximum atomic E-state index is 13.7. The Kier molecular flexibility index (Phi) is 20.6. The van der Waals surface area contributed by atoms with E-state index in [9.17, 15) is 37.2 Å². The van der Waals surface area contributed by atoms with Crippen LogP contribution in [0, 0.1) is 23.2 Å². The maximum absolute atomic E-state index is 13.7. The Balaban J connectivity index is 0.573. The van der Waals surface area contributed by atoms with Crippen LogP contribution < -0.4 is 30.9 Å². The highest BCUT2D eigenvalue weighted by molar-refractivity contribution is 7.99. The number of hydrogen-bond donors (Lipinski definition) is 5. The molecule has 6 amide bonds. The molecule has 4 aromatic carbocycles. The van der Waals surface area contributed by atoms with Gasteiger partial charge in [0, 0.05) is 111 Å². The summed E-state index contributed by atoms with van der Waals surface area (Å²) in [5.41, 5.74) is 8.73. The molecular weight excluding hydrogens is 1190 g/mol. The Labute approximate surface area is 539 Å². The second kappa shape index (κ2) is 28.6. The summed E-state index contributed by atoms with van der Waals surface area (Å²) in [5.74, 6) is -2.16. The summed E-state index contributed by atoms with van der Waals surface area (Å²) in [5, 5.41) is 11.8. The zero-order valence-electron chi connectivity index (χ0n) is 53.1. The normalized spacial score (nSPS) is 23.0. The van der Waals surface area contributed by atoms with Crippen LogP contribution in [-0.4, -0.2) is 175 Å². The smallest absolute Gasteiger partial charge is 0.407 e. The number of imide groups is 2. The number of rotatable bonds is 28. The van der Waals surface area contributed by atoms with Gasteiger partial charge < -0.3 is 40.0 Å². The molecule has 4 aliphatic heterocycles. The summed E-state index contributed by atoms with van der Waals surface area (Å²) < 4.78 is 46.9. The number of fused-ring (bicyclic) bond motifs is 1. The summed E-state index contributed by atoms with van der Waals surface area (Å²) in [6.07, 6.45) is 10.9. The van der Waals surface area contributed by atoms with Crippen molar-refractivity contribution in [3.05, 3.63) is 124 Å². The monoisotopic (exact) mass is 1280 g/mol. The predicted octanol–water partition coefficient (Wildman–Crippen LogP) is 9.02. The van der Waals surface area contributed by atoms with Gasteiger partial charge in [-0.2, -0.15) is 0 Å². The quantitative estimate of drug-likeness (QED) is 0.0154. The molecule has 20 nitrogen and oxygen atoms in total. The molecule has 4 aromatic rings. The second-order valence-electron chi connectivity index (χ2n) is 26.8. The molecule has 488 valence electrons. The SMILES string of the molecule is CCC12CC(C3=C(CN4CCN(c5ccc(C(=O)NS(=O)(=O)c6ccc(N[C@H](CCN7CCC(OC(=O)NCCOCCOCCNc8cccc9c8C(=O)N(C8CCC(=O)NC8=O)C9=O)CC7)CSc7ccccc7)c(C)c6)cc5)CC4)CCC(C)(C)C3)(C1)C2. The molecule has 0 spiro atoms. The van der Waals surface area contributed by atoms with E-state index in [4.69, 9.17) is 14.2 Å². The van der Waals surface area contributed by atoms with Crippen molar-refractivity contribution in [1.82, 2.24) is 30.1 Å². The Morgan fingerprint density at radius 1 is 0.780 bits per heavy atom. The number of sulfonamides is 1. The van der Waals surface area contributed by atoms with Crippen LogP contribution in [0.2, 0.25) is 0 Å². The molecule has 3 saturated carbocycles. The van der Waals surface area contributed by atoms with Crippen LogP contribution in [0.15, 0.2) is 112 Å². The third-order valence-electron chi connectivity index (χ3n) is 19.8. The molecule has 8 aliphatic rings. The summed E-state index contributed by atoms with van der Waals surface area (Å²) >= 11 is 1.75. The van der Waals surface area contributed by atoms with Gasteiger partial charge in [-0.3, -0.25) is 39.1 Å². The average Bonchev–Trinajstić information content (AvgIpc) is 1.13. The van der Waals surface area contributed by atoms with E-state index >= 15 is 0 Å². The lowest BCUT2D eigenvalue weighted by molar-refractivity contribution is -0.182. The van der Waals surface area contributed by atoms with E-state index in [2.05, 4.69) is 73.6 Å². The Bertz CT molecular complexity index is 3460. The first-order valence-corrected chi connectivity index (χ1v) is 35.1. The van der Waals surface area contributed by atoms with Gasteiger partial charge in [-0.1, -0.05) is 62.6 Å². The third kappa shape index (κ3) is 15.6. The summed E-state index contributed by atoms with van der Waals surface area (Å²) in [6, 6.07) is 26.3. The number of amides is 6. The molecule has 3 saturated heterocycles. The van der Waals surface area contributed by atoms with Crippen molar-refractivity contribution < 1.29 is 51.4 Å². The van der Waals surface area contributed by atoms with Gasteiger partial charge in [-0.15, -0.1) is 11.8 Å². The van der Waals surface area contributed by atoms with Crippen molar-refractivity contribution in [2.75, 3.05) is 113 Å². The van der Waals surface area contributed by atoms with Crippen LogP contribution in [0.25, 0.3) is 0 Å². The highest BCUT2D eigenvalue weighted by atomic mass is 32.2. The molecule has 0 aromatic heterocycles. The number of piperidine rings is 2. The highest BCUT2D eigenvalue weighted by Crippen LogP contribution is 2.79. The lowest BCUT2D eigenvalue weighted by atomic mass is 9.31. The minimum atomic E-state index is -4.18. The molecule has 2 atom stereocenters. The fraction of sp³-hybridized carbons (Fsp3) is 0.536. The second-order valence-corrected chi connectivity index (χ2v) is 29.5. The summed E-state index contributed by atoms with van der Waals surface area (Å²) in [6.45, 7) is 18.0. The van der Waals surface area contributed by atoms with Crippen molar-refractivity contribution in [3.63, 3.8) is 0 Å². The molecule has 0 radical (unpaired) electrons. The van der Waals surface area contributed by atoms with Gasteiger partial charge in [0.1, 0.15) is 12.1 Å². The van der Waals surface area contributed by atoms with E-state index in [1.54, 1.807) is 65.9 Å². The van der Waals surface area contributed by atoms with Crippen LogP contribution in [0.4, 0.5) is 21.9 Å². The standard InChI is InChI=1S/C69H89N9O11S2/c1-5-68-44-69(45-68,46-68)56-41-67(3,4)26-22-49(56)42-76-32-34-77(35-33-76)51-16-14-48(15-17-51)62(80)74-91(85,86)54-18-19-57(47(2)40-54)72-50(43-90-53-10-7-6-8-11-53)23-29-75-30-24-52(25-31-75)89-66(84)71-28-37-88-39-38-87-36-27-70-58-13-9-12-55-61(58)65(83)78(64(55)82)59-20-21-60(79)73-63(59)81/h6-19,40,50,52,59,70,72H,5,20-39,41-46H2,1-4H3,(H,71,84)(H,74,80)(H,73,79,81)/t50-,59?,68?,69?/m1/s1. The fourth-order valence-electron chi connectivity index (χ4n) is 14.6. The van der Waals surface area contributed by atoms with Crippen molar-refractivity contribution in [3.8, 4) is 0 Å². The number of carbonyl (C=O) groups is 6. The summed E-state index contributed by atoms with van der Waals surface area (Å²) in [4.78, 5) is 86.3. The molecule has 91 heavy (non-hydrogen) atoms.